The monoisotopic (exact) mass is 1380 g/mol. The summed E-state index contributed by atoms with van der Waals surface area (Å²) in [5.41, 5.74) is -2.10. The molecule has 94 heavy (non-hydrogen) atoms. The standard InChI is InChI=1S/C70H134N2O20P2/c1-5-9-13-17-21-25-27-29-33-37-41-49-61(76)71-63-66(86-52-43-47-57(74)45-39-35-31-23-19-15-11-7-3)65(92-94(83,84)85)59(55-73)90-68(63)88-56-60-64(78)67(87-53-44-48-58(75)46-40-36-32-24-20-16-12-8-4)70(69(79)91-60,51-54-89-93(80,81)82)72-62(77)50-42-38-34-30-28-26-22-18-14-10-6-2/h59-60,63-69,73,78-79H,5-56H2,1-4H3,(H,71,76)(H,72,77)(H2,80,81,82)(H2,83,84,85)/t59-,60-,63-,64-,65-,66-,67+,68-,69+,70-/m1/s1. The number of ether oxygens (including phenoxy) is 5. The number of nitrogens with one attached hydrogen (secondary N) is 2. The fourth-order valence-corrected chi connectivity index (χ4v) is 13.7. The van der Waals surface area contributed by atoms with E-state index in [4.69, 9.17) is 32.7 Å². The number of hydrogen-bond donors (Lipinski definition) is 9. The quantitative estimate of drug-likeness (QED) is 0.0202. The van der Waals surface area contributed by atoms with Gasteiger partial charge in [0, 0.05) is 58.2 Å². The van der Waals surface area contributed by atoms with Crippen molar-refractivity contribution in [3.8, 4) is 0 Å². The molecule has 2 saturated heterocycles. The van der Waals surface area contributed by atoms with Gasteiger partial charge < -0.3 is 69.2 Å². The largest absolute Gasteiger partial charge is 0.470 e. The van der Waals surface area contributed by atoms with E-state index in [2.05, 4.69) is 38.3 Å². The van der Waals surface area contributed by atoms with Crippen molar-refractivity contribution in [3.05, 3.63) is 0 Å². The number of Topliss-reactive ketones (excluding diaryl/α,β-unsaturated/α-hetero) is 2. The average Bonchev–Trinajstić information content (AvgIpc) is 0.758. The Hall–Kier alpha value is -1.82. The van der Waals surface area contributed by atoms with Crippen LogP contribution in [0.3, 0.4) is 0 Å². The summed E-state index contributed by atoms with van der Waals surface area (Å²) in [6.45, 7) is 6.16. The van der Waals surface area contributed by atoms with Gasteiger partial charge in [-0.15, -0.1) is 0 Å². The molecular weight excluding hydrogens is 1250 g/mol. The summed E-state index contributed by atoms with van der Waals surface area (Å²) in [4.78, 5) is 94.4. The molecule has 22 nitrogen and oxygen atoms in total. The molecule has 0 aromatic heterocycles. The molecule has 10 atom stereocenters. The third-order valence-corrected chi connectivity index (χ3v) is 19.4. The second kappa shape index (κ2) is 54.9. The number of hydrogen-bond acceptors (Lipinski definition) is 16. The Morgan fingerprint density at radius 3 is 1.22 bits per heavy atom. The molecule has 0 bridgehead atoms. The molecule has 2 aliphatic rings. The van der Waals surface area contributed by atoms with E-state index >= 15 is 0 Å². The van der Waals surface area contributed by atoms with Gasteiger partial charge >= 0.3 is 15.6 Å². The number of carbonyl (C=O) groups excluding carboxylic acids is 4. The molecule has 2 heterocycles. The van der Waals surface area contributed by atoms with Crippen molar-refractivity contribution in [1.29, 1.82) is 0 Å². The SMILES string of the molecule is CCCCCCCCCCCCCC(=O)N[C@H]1[C@H](OC[C@H]2O[C@H](O)[C@](CCOP(=O)(O)O)(NC(=O)CCCCCCCCCCCCC)[C@@H](OCCCC(=O)CCCCCCCCCC)[C@@H]2O)O[C@H](CO)[C@@H](OP(=O)(O)O)[C@@H]1OCCCC(=O)CCCCCCCCCC. The number of aliphatic hydroxyl groups is 3. The Morgan fingerprint density at radius 1 is 0.436 bits per heavy atom. The summed E-state index contributed by atoms with van der Waals surface area (Å²) in [5, 5.41) is 41.3. The number of carbonyl (C=O) groups is 4. The first-order chi connectivity index (χ1) is 45.2. The molecule has 0 unspecified atom stereocenters. The topological polar surface area (TPSA) is 333 Å². The Kier molecular flexibility index (Phi) is 51.6. The van der Waals surface area contributed by atoms with Crippen molar-refractivity contribution in [2.45, 2.75) is 390 Å². The first-order valence-electron chi connectivity index (χ1n) is 37.5. The molecule has 9 N–H and O–H groups in total. The maximum absolute atomic E-state index is 14.1. The maximum atomic E-state index is 14.1. The van der Waals surface area contributed by atoms with Crippen molar-refractivity contribution in [2.75, 3.05) is 33.0 Å². The molecule has 24 heteroatoms. The lowest BCUT2D eigenvalue weighted by Gasteiger charge is -2.52. The van der Waals surface area contributed by atoms with Crippen LogP contribution >= 0.6 is 15.6 Å². The van der Waals surface area contributed by atoms with Gasteiger partial charge in [0.25, 0.3) is 0 Å². The summed E-state index contributed by atoms with van der Waals surface area (Å²) in [6, 6.07) is -1.41. The highest BCUT2D eigenvalue weighted by Crippen LogP contribution is 2.43. The molecule has 0 aromatic carbocycles. The van der Waals surface area contributed by atoms with Gasteiger partial charge in [-0.1, -0.05) is 246 Å². The van der Waals surface area contributed by atoms with Crippen LogP contribution < -0.4 is 10.6 Å². The second-order valence-electron chi connectivity index (χ2n) is 26.8. The highest BCUT2D eigenvalue weighted by atomic mass is 31.2. The Balaban J connectivity index is 2.49. The third kappa shape index (κ3) is 41.7. The zero-order chi connectivity index (χ0) is 69.1. The van der Waals surface area contributed by atoms with Crippen molar-refractivity contribution in [1.82, 2.24) is 10.6 Å². The molecule has 2 fully saturated rings. The lowest BCUT2D eigenvalue weighted by Crippen LogP contribution is -2.74. The maximum Gasteiger partial charge on any atom is 0.470 e. The molecular formula is C70H134N2O20P2. The van der Waals surface area contributed by atoms with Crippen molar-refractivity contribution >= 4 is 39.0 Å². The predicted molar refractivity (Wildman–Crippen MR) is 365 cm³/mol. The van der Waals surface area contributed by atoms with E-state index in [0.717, 1.165) is 116 Å². The van der Waals surface area contributed by atoms with Crippen LogP contribution in [0, 0.1) is 0 Å². The van der Waals surface area contributed by atoms with Gasteiger partial charge in [0.15, 0.2) is 12.6 Å². The van der Waals surface area contributed by atoms with Crippen LogP contribution in [-0.4, -0.2) is 152 Å². The minimum Gasteiger partial charge on any atom is -0.394 e. The van der Waals surface area contributed by atoms with E-state index in [0.29, 0.717) is 25.7 Å². The lowest BCUT2D eigenvalue weighted by molar-refractivity contribution is -0.316. The minimum absolute atomic E-state index is 0.00355. The molecule has 2 rings (SSSR count). The van der Waals surface area contributed by atoms with E-state index in [9.17, 15) is 63.2 Å². The Labute approximate surface area is 566 Å². The first kappa shape index (κ1) is 88.3. The zero-order valence-electron chi connectivity index (χ0n) is 58.8. The molecule has 0 spiro atoms. The summed E-state index contributed by atoms with van der Waals surface area (Å²) >= 11 is 0. The first-order valence-corrected chi connectivity index (χ1v) is 40.5. The molecule has 0 saturated carbocycles. The highest BCUT2D eigenvalue weighted by molar-refractivity contribution is 7.46. The normalized spacial score (nSPS) is 22.6. The van der Waals surface area contributed by atoms with E-state index < -0.39 is 114 Å². The summed E-state index contributed by atoms with van der Waals surface area (Å²) < 4.78 is 66.4. The van der Waals surface area contributed by atoms with Gasteiger partial charge in [0.05, 0.1) is 19.8 Å². The number of ketones is 2. The van der Waals surface area contributed by atoms with Gasteiger partial charge in [-0.05, 0) is 38.5 Å². The summed E-state index contributed by atoms with van der Waals surface area (Å²) in [6.07, 6.45) is 27.8. The highest BCUT2D eigenvalue weighted by Gasteiger charge is 2.58. The summed E-state index contributed by atoms with van der Waals surface area (Å²) in [5.74, 6) is -1.00. The number of amides is 2. The van der Waals surface area contributed by atoms with Gasteiger partial charge in [0.1, 0.15) is 59.8 Å². The van der Waals surface area contributed by atoms with Crippen LogP contribution in [0.2, 0.25) is 0 Å². The van der Waals surface area contributed by atoms with Crippen LogP contribution in [0.25, 0.3) is 0 Å². The smallest absolute Gasteiger partial charge is 0.394 e. The number of aliphatic hydroxyl groups excluding tert-OH is 3. The Morgan fingerprint density at radius 2 is 0.819 bits per heavy atom. The molecule has 0 aliphatic carbocycles. The summed E-state index contributed by atoms with van der Waals surface area (Å²) in [7, 11) is -10.5. The van der Waals surface area contributed by atoms with E-state index in [-0.39, 0.29) is 63.3 Å². The molecule has 0 aromatic rings. The lowest BCUT2D eigenvalue weighted by atomic mass is 9.80. The van der Waals surface area contributed by atoms with E-state index in [1.165, 1.54) is 116 Å². The molecule has 2 amide bonds. The van der Waals surface area contributed by atoms with Gasteiger partial charge in [-0.2, -0.15) is 0 Å². The second-order valence-corrected chi connectivity index (χ2v) is 29.3. The minimum atomic E-state index is -5.35. The van der Waals surface area contributed by atoms with Crippen molar-refractivity contribution < 1.29 is 95.9 Å². The predicted octanol–water partition coefficient (Wildman–Crippen LogP) is 14.0. The van der Waals surface area contributed by atoms with Gasteiger partial charge in [-0.3, -0.25) is 28.2 Å². The van der Waals surface area contributed by atoms with Crippen molar-refractivity contribution in [3.63, 3.8) is 0 Å². The van der Waals surface area contributed by atoms with Crippen molar-refractivity contribution in [2.24, 2.45) is 0 Å². The van der Waals surface area contributed by atoms with E-state index in [1.54, 1.807) is 0 Å². The van der Waals surface area contributed by atoms with Crippen LogP contribution in [0.4, 0.5) is 0 Å². The fraction of sp³-hybridized carbons (Fsp3) is 0.943. The van der Waals surface area contributed by atoms with Crippen LogP contribution in [0.1, 0.15) is 329 Å². The third-order valence-electron chi connectivity index (χ3n) is 18.4. The van der Waals surface area contributed by atoms with Gasteiger partial charge in [0.2, 0.25) is 11.8 Å². The van der Waals surface area contributed by atoms with Crippen LogP contribution in [0.5, 0.6) is 0 Å². The van der Waals surface area contributed by atoms with Gasteiger partial charge in [-0.25, -0.2) is 9.13 Å². The number of rotatable bonds is 64. The number of phosphoric acid groups is 2. The Bertz CT molecular complexity index is 2020. The molecule has 554 valence electrons. The van der Waals surface area contributed by atoms with E-state index in [1.807, 2.05) is 0 Å². The number of phosphoric ester groups is 2. The number of unbranched alkanes of at least 4 members (excludes halogenated alkanes) is 34. The zero-order valence-corrected chi connectivity index (χ0v) is 60.6. The molecule has 0 radical (unpaired) electrons. The fourth-order valence-electron chi connectivity index (χ4n) is 12.8. The van der Waals surface area contributed by atoms with Crippen LogP contribution in [0.15, 0.2) is 0 Å². The molecule has 2 aliphatic heterocycles. The average molecular weight is 1390 g/mol. The van der Waals surface area contributed by atoms with Crippen LogP contribution in [-0.2, 0) is 61.0 Å².